The number of piperidine rings is 1. The predicted octanol–water partition coefficient (Wildman–Crippen LogP) is 4.07. The Morgan fingerprint density at radius 1 is 1.17 bits per heavy atom. The minimum Gasteiger partial charge on any atom is -0.338 e. The van der Waals surface area contributed by atoms with E-state index in [0.29, 0.717) is 18.7 Å². The number of carbonyl (C=O) groups is 1. The zero-order valence-corrected chi connectivity index (χ0v) is 18.1. The Bertz CT molecular complexity index is 1110. The van der Waals surface area contributed by atoms with Gasteiger partial charge >= 0.3 is 0 Å². The molecule has 152 valence electrons. The number of thiophene rings is 1. The van der Waals surface area contributed by atoms with Crippen LogP contribution < -0.4 is 5.56 Å². The van der Waals surface area contributed by atoms with Crippen molar-refractivity contribution in [2.75, 3.05) is 13.1 Å². The van der Waals surface area contributed by atoms with E-state index in [9.17, 15) is 9.59 Å². The highest BCUT2D eigenvalue weighted by Gasteiger charge is 2.28. The fraction of sp³-hybridized carbons (Fsp3) is 0.455. The van der Waals surface area contributed by atoms with Crippen molar-refractivity contribution in [3.8, 4) is 0 Å². The van der Waals surface area contributed by atoms with E-state index in [1.807, 2.05) is 23.3 Å². The van der Waals surface area contributed by atoms with E-state index in [4.69, 9.17) is 4.98 Å². The van der Waals surface area contributed by atoms with Gasteiger partial charge < -0.3 is 4.90 Å². The van der Waals surface area contributed by atoms with Gasteiger partial charge in [-0.2, -0.15) is 0 Å². The third-order valence-corrected chi connectivity index (χ3v) is 6.92. The van der Waals surface area contributed by atoms with Gasteiger partial charge in [0.15, 0.2) is 0 Å². The van der Waals surface area contributed by atoms with Crippen LogP contribution in [0.1, 0.15) is 65.3 Å². The molecule has 6 nitrogen and oxygen atoms in total. The number of amides is 1. The number of pyridine rings is 1. The van der Waals surface area contributed by atoms with Crippen LogP contribution in [0.3, 0.4) is 0 Å². The molecule has 7 heteroatoms. The summed E-state index contributed by atoms with van der Waals surface area (Å²) < 4.78 is 1.92. The first-order chi connectivity index (χ1) is 13.9. The van der Waals surface area contributed by atoms with Crippen LogP contribution in [-0.4, -0.2) is 38.4 Å². The summed E-state index contributed by atoms with van der Waals surface area (Å²) in [5.74, 6) is 1.04. The molecule has 0 radical (unpaired) electrons. The lowest BCUT2D eigenvalue weighted by Gasteiger charge is -2.34. The molecule has 0 bridgehead atoms. The van der Waals surface area contributed by atoms with Crippen molar-refractivity contribution in [3.63, 3.8) is 0 Å². The van der Waals surface area contributed by atoms with Gasteiger partial charge in [0.2, 0.25) is 0 Å². The Morgan fingerprint density at radius 2 is 1.83 bits per heavy atom. The van der Waals surface area contributed by atoms with Crippen LogP contribution in [0.25, 0.3) is 10.2 Å². The van der Waals surface area contributed by atoms with Crippen molar-refractivity contribution < 1.29 is 4.79 Å². The van der Waals surface area contributed by atoms with E-state index >= 15 is 0 Å². The van der Waals surface area contributed by atoms with E-state index < -0.39 is 0 Å². The summed E-state index contributed by atoms with van der Waals surface area (Å²) in [5, 5.41) is 0.757. The third kappa shape index (κ3) is 3.48. The summed E-state index contributed by atoms with van der Waals surface area (Å²) in [7, 11) is 0. The molecular weight excluding hydrogens is 384 g/mol. The SMILES string of the molecule is Cc1sc2nc(C(C)C)n(C3CCN(C(=O)c4ccncc4)CC3)c(=O)c2c1C. The Kier molecular flexibility index (Phi) is 5.25. The third-order valence-electron chi connectivity index (χ3n) is 5.82. The van der Waals surface area contributed by atoms with E-state index in [1.54, 1.807) is 35.9 Å². The molecule has 1 fully saturated rings. The maximum atomic E-state index is 13.5. The van der Waals surface area contributed by atoms with Crippen molar-refractivity contribution in [2.24, 2.45) is 0 Å². The average Bonchev–Trinajstić information content (AvgIpc) is 3.02. The monoisotopic (exact) mass is 410 g/mol. The van der Waals surface area contributed by atoms with Crippen molar-refractivity contribution in [3.05, 3.63) is 56.7 Å². The zero-order valence-electron chi connectivity index (χ0n) is 17.3. The zero-order chi connectivity index (χ0) is 20.7. The predicted molar refractivity (Wildman–Crippen MR) is 116 cm³/mol. The number of aromatic nitrogens is 3. The van der Waals surface area contributed by atoms with Crippen molar-refractivity contribution in [1.82, 2.24) is 19.4 Å². The first-order valence-electron chi connectivity index (χ1n) is 10.1. The van der Waals surface area contributed by atoms with Crippen LogP contribution >= 0.6 is 11.3 Å². The van der Waals surface area contributed by atoms with Crippen molar-refractivity contribution >= 4 is 27.5 Å². The number of fused-ring (bicyclic) bond motifs is 1. The second-order valence-electron chi connectivity index (χ2n) is 8.02. The van der Waals surface area contributed by atoms with Crippen LogP contribution in [0.5, 0.6) is 0 Å². The van der Waals surface area contributed by atoms with E-state index in [-0.39, 0.29) is 23.4 Å². The largest absolute Gasteiger partial charge is 0.338 e. The highest BCUT2D eigenvalue weighted by atomic mass is 32.1. The molecule has 0 N–H and O–H groups in total. The van der Waals surface area contributed by atoms with Gasteiger partial charge in [0.05, 0.1) is 5.39 Å². The highest BCUT2D eigenvalue weighted by molar-refractivity contribution is 7.18. The van der Waals surface area contributed by atoms with E-state index in [2.05, 4.69) is 18.8 Å². The Morgan fingerprint density at radius 3 is 2.45 bits per heavy atom. The van der Waals surface area contributed by atoms with Crippen LogP contribution in [0.15, 0.2) is 29.3 Å². The number of carbonyl (C=O) groups excluding carboxylic acids is 1. The lowest BCUT2D eigenvalue weighted by Crippen LogP contribution is -2.41. The highest BCUT2D eigenvalue weighted by Crippen LogP contribution is 2.31. The molecule has 0 aromatic carbocycles. The van der Waals surface area contributed by atoms with Gasteiger partial charge in [-0.3, -0.25) is 19.1 Å². The standard InChI is InChI=1S/C22H26N4O2S/c1-13(2)19-24-20-18(14(3)15(4)29-20)22(28)26(19)17-7-11-25(12-8-17)21(27)16-5-9-23-10-6-16/h5-6,9-10,13,17H,7-8,11-12H2,1-4H3. The Hall–Kier alpha value is -2.54. The molecule has 1 amide bonds. The van der Waals surface area contributed by atoms with Crippen LogP contribution in [0, 0.1) is 13.8 Å². The first kappa shape index (κ1) is 19.8. The number of hydrogen-bond donors (Lipinski definition) is 0. The number of aryl methyl sites for hydroxylation is 2. The quantitative estimate of drug-likeness (QED) is 0.653. The van der Waals surface area contributed by atoms with Gasteiger partial charge in [-0.25, -0.2) is 4.98 Å². The maximum absolute atomic E-state index is 13.5. The molecule has 1 saturated heterocycles. The number of likely N-dealkylation sites (tertiary alicyclic amines) is 1. The maximum Gasteiger partial charge on any atom is 0.262 e. The number of rotatable bonds is 3. The van der Waals surface area contributed by atoms with Gasteiger partial charge in [-0.15, -0.1) is 11.3 Å². The Balaban J connectivity index is 1.65. The number of hydrogen-bond acceptors (Lipinski definition) is 5. The second kappa shape index (κ2) is 7.71. The lowest BCUT2D eigenvalue weighted by atomic mass is 10.0. The van der Waals surface area contributed by atoms with Crippen molar-refractivity contribution in [2.45, 2.75) is 52.5 Å². The molecule has 0 saturated carbocycles. The lowest BCUT2D eigenvalue weighted by molar-refractivity contribution is 0.0691. The fourth-order valence-corrected chi connectivity index (χ4v) is 5.11. The van der Waals surface area contributed by atoms with Gasteiger partial charge in [-0.1, -0.05) is 13.8 Å². The molecule has 0 aliphatic carbocycles. The summed E-state index contributed by atoms with van der Waals surface area (Å²) in [5.41, 5.74) is 1.77. The molecule has 4 heterocycles. The van der Waals surface area contributed by atoms with Crippen LogP contribution in [0.4, 0.5) is 0 Å². The fourth-order valence-electron chi connectivity index (χ4n) is 4.09. The van der Waals surface area contributed by atoms with Gasteiger partial charge in [0.25, 0.3) is 11.5 Å². The molecule has 1 aliphatic heterocycles. The summed E-state index contributed by atoms with van der Waals surface area (Å²) in [6.45, 7) is 9.49. The molecule has 1 aliphatic rings. The van der Waals surface area contributed by atoms with Crippen LogP contribution in [0.2, 0.25) is 0 Å². The molecular formula is C22H26N4O2S. The summed E-state index contributed by atoms with van der Waals surface area (Å²) in [6.07, 6.45) is 4.79. The van der Waals surface area contributed by atoms with Gasteiger partial charge in [0.1, 0.15) is 10.7 Å². The molecule has 0 atom stereocenters. The Labute approximate surface area is 174 Å². The van der Waals surface area contributed by atoms with E-state index in [0.717, 1.165) is 39.3 Å². The first-order valence-corrected chi connectivity index (χ1v) is 10.9. The molecule has 0 spiro atoms. The smallest absolute Gasteiger partial charge is 0.262 e. The average molecular weight is 411 g/mol. The molecule has 3 aromatic rings. The van der Waals surface area contributed by atoms with E-state index in [1.165, 1.54) is 0 Å². The summed E-state index contributed by atoms with van der Waals surface area (Å²) >= 11 is 1.60. The summed E-state index contributed by atoms with van der Waals surface area (Å²) in [6, 6.07) is 3.56. The topological polar surface area (TPSA) is 68.1 Å². The molecule has 3 aromatic heterocycles. The molecule has 29 heavy (non-hydrogen) atoms. The number of nitrogens with zero attached hydrogens (tertiary/aromatic N) is 4. The van der Waals surface area contributed by atoms with Gasteiger partial charge in [0, 0.05) is 47.9 Å². The normalized spacial score (nSPS) is 15.4. The minimum absolute atomic E-state index is 0.0279. The van der Waals surface area contributed by atoms with Crippen LogP contribution in [-0.2, 0) is 0 Å². The summed E-state index contributed by atoms with van der Waals surface area (Å²) in [4.78, 5) is 38.9. The second-order valence-corrected chi connectivity index (χ2v) is 9.23. The molecule has 0 unspecified atom stereocenters. The van der Waals surface area contributed by atoms with Gasteiger partial charge in [-0.05, 0) is 44.4 Å². The minimum atomic E-state index is 0.0279. The molecule has 4 rings (SSSR count). The van der Waals surface area contributed by atoms with Crippen molar-refractivity contribution in [1.29, 1.82) is 0 Å².